The van der Waals surface area contributed by atoms with Gasteiger partial charge in [0.1, 0.15) is 5.82 Å². The molecule has 2 aromatic carbocycles. The Labute approximate surface area is 109 Å². The van der Waals surface area contributed by atoms with Gasteiger partial charge in [0.05, 0.1) is 0 Å². The first-order valence-electron chi connectivity index (χ1n) is 5.08. The van der Waals surface area contributed by atoms with Gasteiger partial charge in [-0.05, 0) is 42.0 Å². The van der Waals surface area contributed by atoms with Crippen molar-refractivity contribution in [2.45, 2.75) is 6.54 Å². The standard InChI is InChI=1S/C13H10Cl2FN/c14-10-4-9(5-11(15)6-10)8-17-13-3-1-2-12(16)7-13/h1-7,17H,8H2. The molecule has 2 rings (SSSR count). The SMILES string of the molecule is Fc1cccc(NCc2cc(Cl)cc(Cl)c2)c1. The van der Waals surface area contributed by atoms with Crippen LogP contribution in [0, 0.1) is 5.82 Å². The molecule has 0 atom stereocenters. The summed E-state index contributed by atoms with van der Waals surface area (Å²) in [6, 6.07) is 11.6. The van der Waals surface area contributed by atoms with E-state index in [4.69, 9.17) is 23.2 Å². The van der Waals surface area contributed by atoms with Crippen LogP contribution in [0.4, 0.5) is 10.1 Å². The lowest BCUT2D eigenvalue weighted by atomic mass is 10.2. The number of hydrogen-bond acceptors (Lipinski definition) is 1. The van der Waals surface area contributed by atoms with Crippen LogP contribution in [0.25, 0.3) is 0 Å². The first-order chi connectivity index (χ1) is 8.13. The molecule has 0 saturated heterocycles. The molecule has 0 spiro atoms. The Hall–Kier alpha value is -1.25. The zero-order chi connectivity index (χ0) is 12.3. The van der Waals surface area contributed by atoms with Crippen LogP contribution in [-0.2, 0) is 6.54 Å². The molecule has 0 fully saturated rings. The summed E-state index contributed by atoms with van der Waals surface area (Å²) in [5.74, 6) is -0.265. The second-order valence-electron chi connectivity index (χ2n) is 3.64. The van der Waals surface area contributed by atoms with E-state index < -0.39 is 0 Å². The molecule has 0 saturated carbocycles. The Kier molecular flexibility index (Phi) is 3.87. The van der Waals surface area contributed by atoms with Crippen molar-refractivity contribution < 1.29 is 4.39 Å². The Balaban J connectivity index is 2.07. The number of rotatable bonds is 3. The van der Waals surface area contributed by atoms with E-state index in [1.807, 2.05) is 12.1 Å². The van der Waals surface area contributed by atoms with E-state index in [9.17, 15) is 4.39 Å². The monoisotopic (exact) mass is 269 g/mol. The fourth-order valence-electron chi connectivity index (χ4n) is 1.52. The van der Waals surface area contributed by atoms with E-state index in [0.717, 1.165) is 11.3 Å². The largest absolute Gasteiger partial charge is 0.381 e. The van der Waals surface area contributed by atoms with E-state index in [1.165, 1.54) is 12.1 Å². The normalized spacial score (nSPS) is 10.3. The van der Waals surface area contributed by atoms with Gasteiger partial charge in [-0.25, -0.2) is 4.39 Å². The Bertz CT molecular complexity index is 508. The maximum atomic E-state index is 12.9. The highest BCUT2D eigenvalue weighted by atomic mass is 35.5. The van der Waals surface area contributed by atoms with Gasteiger partial charge in [0.15, 0.2) is 0 Å². The van der Waals surface area contributed by atoms with Crippen molar-refractivity contribution in [2.24, 2.45) is 0 Å². The lowest BCUT2D eigenvalue weighted by Crippen LogP contribution is -1.99. The summed E-state index contributed by atoms with van der Waals surface area (Å²) >= 11 is 11.8. The van der Waals surface area contributed by atoms with Crippen LogP contribution in [0.3, 0.4) is 0 Å². The second kappa shape index (κ2) is 5.39. The Morgan fingerprint density at radius 3 is 2.35 bits per heavy atom. The average molecular weight is 270 g/mol. The lowest BCUT2D eigenvalue weighted by molar-refractivity contribution is 0.628. The van der Waals surface area contributed by atoms with Gasteiger partial charge in [-0.1, -0.05) is 29.3 Å². The molecular weight excluding hydrogens is 260 g/mol. The molecule has 0 aliphatic carbocycles. The number of benzene rings is 2. The molecule has 0 bridgehead atoms. The fraction of sp³-hybridized carbons (Fsp3) is 0.0769. The molecule has 2 aromatic rings. The van der Waals surface area contributed by atoms with Gasteiger partial charge in [0, 0.05) is 22.3 Å². The van der Waals surface area contributed by atoms with Crippen molar-refractivity contribution in [3.05, 3.63) is 63.9 Å². The highest BCUT2D eigenvalue weighted by Crippen LogP contribution is 2.20. The summed E-state index contributed by atoms with van der Waals surface area (Å²) in [6.07, 6.45) is 0. The van der Waals surface area contributed by atoms with E-state index in [0.29, 0.717) is 16.6 Å². The van der Waals surface area contributed by atoms with Crippen LogP contribution < -0.4 is 5.32 Å². The van der Waals surface area contributed by atoms with Crippen molar-refractivity contribution in [3.8, 4) is 0 Å². The summed E-state index contributed by atoms with van der Waals surface area (Å²) in [5, 5.41) is 4.28. The summed E-state index contributed by atoms with van der Waals surface area (Å²) in [7, 11) is 0. The maximum Gasteiger partial charge on any atom is 0.125 e. The number of halogens is 3. The Morgan fingerprint density at radius 2 is 1.71 bits per heavy atom. The average Bonchev–Trinajstić information content (AvgIpc) is 2.25. The van der Waals surface area contributed by atoms with E-state index in [1.54, 1.807) is 18.2 Å². The molecule has 0 radical (unpaired) electrons. The lowest BCUT2D eigenvalue weighted by Gasteiger charge is -2.07. The van der Waals surface area contributed by atoms with Gasteiger partial charge in [-0.15, -0.1) is 0 Å². The molecule has 4 heteroatoms. The molecule has 0 aromatic heterocycles. The van der Waals surface area contributed by atoms with Crippen molar-refractivity contribution in [3.63, 3.8) is 0 Å². The molecular formula is C13H10Cl2FN. The fourth-order valence-corrected chi connectivity index (χ4v) is 2.09. The minimum Gasteiger partial charge on any atom is -0.381 e. The van der Waals surface area contributed by atoms with Crippen LogP contribution in [0.5, 0.6) is 0 Å². The third-order valence-corrected chi connectivity index (χ3v) is 2.68. The molecule has 0 aliphatic heterocycles. The van der Waals surface area contributed by atoms with Crippen LogP contribution in [0.15, 0.2) is 42.5 Å². The molecule has 1 N–H and O–H groups in total. The molecule has 0 amide bonds. The smallest absolute Gasteiger partial charge is 0.125 e. The van der Waals surface area contributed by atoms with Crippen molar-refractivity contribution >= 4 is 28.9 Å². The zero-order valence-electron chi connectivity index (χ0n) is 8.88. The van der Waals surface area contributed by atoms with Crippen molar-refractivity contribution in [1.82, 2.24) is 0 Å². The Morgan fingerprint density at radius 1 is 1.00 bits per heavy atom. The van der Waals surface area contributed by atoms with Crippen molar-refractivity contribution in [2.75, 3.05) is 5.32 Å². The van der Waals surface area contributed by atoms with E-state index >= 15 is 0 Å². The van der Waals surface area contributed by atoms with Gasteiger partial charge in [-0.2, -0.15) is 0 Å². The molecule has 88 valence electrons. The van der Waals surface area contributed by atoms with E-state index in [2.05, 4.69) is 5.32 Å². The summed E-state index contributed by atoms with van der Waals surface area (Å²) in [5.41, 5.74) is 1.67. The van der Waals surface area contributed by atoms with Crippen LogP contribution in [-0.4, -0.2) is 0 Å². The number of nitrogens with one attached hydrogen (secondary N) is 1. The first kappa shape index (κ1) is 12.2. The van der Waals surface area contributed by atoms with E-state index in [-0.39, 0.29) is 5.82 Å². The maximum absolute atomic E-state index is 12.9. The quantitative estimate of drug-likeness (QED) is 0.849. The molecule has 0 aliphatic rings. The summed E-state index contributed by atoms with van der Waals surface area (Å²) < 4.78 is 12.9. The second-order valence-corrected chi connectivity index (χ2v) is 4.51. The molecule has 0 unspecified atom stereocenters. The van der Waals surface area contributed by atoms with Gasteiger partial charge >= 0.3 is 0 Å². The predicted molar refractivity (Wildman–Crippen MR) is 70.2 cm³/mol. The van der Waals surface area contributed by atoms with Gasteiger partial charge < -0.3 is 5.32 Å². The van der Waals surface area contributed by atoms with Gasteiger partial charge in [0.25, 0.3) is 0 Å². The third kappa shape index (κ3) is 3.62. The predicted octanol–water partition coefficient (Wildman–Crippen LogP) is 4.74. The summed E-state index contributed by atoms with van der Waals surface area (Å²) in [4.78, 5) is 0. The highest BCUT2D eigenvalue weighted by molar-refractivity contribution is 6.34. The number of anilines is 1. The summed E-state index contributed by atoms with van der Waals surface area (Å²) in [6.45, 7) is 0.545. The van der Waals surface area contributed by atoms with Crippen molar-refractivity contribution in [1.29, 1.82) is 0 Å². The molecule has 17 heavy (non-hydrogen) atoms. The molecule has 0 heterocycles. The van der Waals surface area contributed by atoms with Crippen LogP contribution in [0.1, 0.15) is 5.56 Å². The van der Waals surface area contributed by atoms with Gasteiger partial charge in [-0.3, -0.25) is 0 Å². The zero-order valence-corrected chi connectivity index (χ0v) is 10.4. The molecule has 1 nitrogen and oxygen atoms in total. The highest BCUT2D eigenvalue weighted by Gasteiger charge is 1.99. The minimum absolute atomic E-state index is 0.265. The van der Waals surface area contributed by atoms with Crippen LogP contribution in [0.2, 0.25) is 10.0 Å². The first-order valence-corrected chi connectivity index (χ1v) is 5.83. The number of hydrogen-bond donors (Lipinski definition) is 1. The van der Waals surface area contributed by atoms with Crippen LogP contribution >= 0.6 is 23.2 Å². The van der Waals surface area contributed by atoms with Gasteiger partial charge in [0.2, 0.25) is 0 Å². The third-order valence-electron chi connectivity index (χ3n) is 2.24. The minimum atomic E-state index is -0.265. The topological polar surface area (TPSA) is 12.0 Å².